The van der Waals surface area contributed by atoms with Gasteiger partial charge in [-0.05, 0) is 54.5 Å². The molecule has 6 nitrogen and oxygen atoms in total. The minimum atomic E-state index is -0.594. The zero-order chi connectivity index (χ0) is 19.9. The van der Waals surface area contributed by atoms with E-state index in [4.69, 9.17) is 18.9 Å². The Morgan fingerprint density at radius 3 is 2.66 bits per heavy atom. The molecule has 0 bridgehead atoms. The molecule has 1 saturated carbocycles. The number of anilines is 1. The molecule has 2 aromatic carbocycles. The highest BCUT2D eigenvalue weighted by Crippen LogP contribution is 2.70. The third-order valence-corrected chi connectivity index (χ3v) is 6.60. The van der Waals surface area contributed by atoms with Gasteiger partial charge in [0.2, 0.25) is 5.91 Å². The number of nitrogens with one attached hydrogen (secondary N) is 1. The zero-order valence-electron chi connectivity index (χ0n) is 16.5. The summed E-state index contributed by atoms with van der Waals surface area (Å²) >= 11 is 0. The topological polar surface area (TPSA) is 66.0 Å². The van der Waals surface area contributed by atoms with Crippen LogP contribution in [0.2, 0.25) is 0 Å². The van der Waals surface area contributed by atoms with E-state index in [-0.39, 0.29) is 11.3 Å². The van der Waals surface area contributed by atoms with Crippen LogP contribution in [0.25, 0.3) is 0 Å². The van der Waals surface area contributed by atoms with Crippen molar-refractivity contribution in [3.05, 3.63) is 48.0 Å². The number of carbonyl (C=O) groups excluding carboxylic acids is 1. The van der Waals surface area contributed by atoms with Gasteiger partial charge in [-0.25, -0.2) is 0 Å². The maximum absolute atomic E-state index is 13.8. The van der Waals surface area contributed by atoms with E-state index in [0.29, 0.717) is 43.6 Å². The molecule has 1 saturated heterocycles. The van der Waals surface area contributed by atoms with Gasteiger partial charge in [0, 0.05) is 13.2 Å². The van der Waals surface area contributed by atoms with Crippen LogP contribution in [0, 0.1) is 5.41 Å². The molecule has 1 atom stereocenters. The van der Waals surface area contributed by atoms with Crippen molar-refractivity contribution in [1.29, 1.82) is 0 Å². The lowest BCUT2D eigenvalue weighted by atomic mass is 9.80. The molecule has 2 heterocycles. The molecule has 0 aromatic heterocycles. The van der Waals surface area contributed by atoms with Crippen molar-refractivity contribution < 1.29 is 23.7 Å². The predicted molar refractivity (Wildman–Crippen MR) is 108 cm³/mol. The summed E-state index contributed by atoms with van der Waals surface area (Å²) in [6.07, 6.45) is 2.57. The molecule has 0 radical (unpaired) electrons. The van der Waals surface area contributed by atoms with Gasteiger partial charge in [-0.3, -0.25) is 4.79 Å². The quantitative estimate of drug-likeness (QED) is 0.858. The number of methoxy groups -OCH3 is 1. The van der Waals surface area contributed by atoms with Gasteiger partial charge in [-0.1, -0.05) is 18.2 Å². The van der Waals surface area contributed by atoms with E-state index in [1.807, 2.05) is 42.5 Å². The monoisotopic (exact) mass is 395 g/mol. The summed E-state index contributed by atoms with van der Waals surface area (Å²) in [6.45, 7) is 2.37. The van der Waals surface area contributed by atoms with E-state index in [1.165, 1.54) is 0 Å². The molecular weight excluding hydrogens is 370 g/mol. The summed E-state index contributed by atoms with van der Waals surface area (Å²) in [7, 11) is 1.65. The fourth-order valence-corrected chi connectivity index (χ4v) is 4.98. The Morgan fingerprint density at radius 2 is 1.83 bits per heavy atom. The van der Waals surface area contributed by atoms with Crippen molar-refractivity contribution in [1.82, 2.24) is 0 Å². The Morgan fingerprint density at radius 1 is 1.03 bits per heavy atom. The summed E-state index contributed by atoms with van der Waals surface area (Å²) < 4.78 is 22.5. The highest BCUT2D eigenvalue weighted by molar-refractivity contribution is 6.04. The van der Waals surface area contributed by atoms with Crippen molar-refractivity contribution in [3.8, 4) is 17.2 Å². The Kier molecular flexibility index (Phi) is 4.39. The third kappa shape index (κ3) is 2.85. The second-order valence-electron chi connectivity index (χ2n) is 7.99. The SMILES string of the molecule is COc1cccc(C2(C(=O)Nc3cccc4c3OCCO4)CC23CCOCC3)c1. The number of hydrogen-bond donors (Lipinski definition) is 1. The van der Waals surface area contributed by atoms with Gasteiger partial charge < -0.3 is 24.3 Å². The molecule has 1 amide bonds. The number of ether oxygens (including phenoxy) is 4. The average molecular weight is 395 g/mol. The molecule has 1 spiro atoms. The number of carbonyl (C=O) groups is 1. The number of para-hydroxylation sites is 1. The Bertz CT molecular complexity index is 937. The second-order valence-corrected chi connectivity index (χ2v) is 7.99. The smallest absolute Gasteiger partial charge is 0.235 e. The van der Waals surface area contributed by atoms with Crippen LogP contribution in [0.1, 0.15) is 24.8 Å². The standard InChI is InChI=1S/C23H25NO5/c1-26-17-5-2-4-16(14-17)23(15-22(23)8-10-27-11-9-22)21(25)24-18-6-3-7-19-20(18)29-13-12-28-19/h2-7,14H,8-13,15H2,1H3,(H,24,25). The molecule has 5 rings (SSSR count). The molecule has 1 aliphatic carbocycles. The van der Waals surface area contributed by atoms with E-state index >= 15 is 0 Å². The zero-order valence-corrected chi connectivity index (χ0v) is 16.5. The average Bonchev–Trinajstić information content (AvgIpc) is 3.42. The van der Waals surface area contributed by atoms with E-state index in [9.17, 15) is 4.79 Å². The van der Waals surface area contributed by atoms with Gasteiger partial charge in [0.25, 0.3) is 0 Å². The van der Waals surface area contributed by atoms with E-state index in [1.54, 1.807) is 7.11 Å². The van der Waals surface area contributed by atoms with Crippen molar-refractivity contribution >= 4 is 11.6 Å². The molecule has 152 valence electrons. The van der Waals surface area contributed by atoms with Crippen molar-refractivity contribution in [2.75, 3.05) is 38.9 Å². The summed E-state index contributed by atoms with van der Waals surface area (Å²) in [6, 6.07) is 13.5. The fourth-order valence-electron chi connectivity index (χ4n) is 4.98. The highest BCUT2D eigenvalue weighted by Gasteiger charge is 2.72. The lowest BCUT2D eigenvalue weighted by Crippen LogP contribution is -2.36. The maximum atomic E-state index is 13.8. The van der Waals surface area contributed by atoms with Gasteiger partial charge >= 0.3 is 0 Å². The van der Waals surface area contributed by atoms with Gasteiger partial charge in [0.05, 0.1) is 18.2 Å². The highest BCUT2D eigenvalue weighted by atomic mass is 16.6. The second kappa shape index (κ2) is 6.95. The first-order valence-electron chi connectivity index (χ1n) is 10.1. The number of amides is 1. The summed E-state index contributed by atoms with van der Waals surface area (Å²) in [5.74, 6) is 2.03. The summed E-state index contributed by atoms with van der Waals surface area (Å²) in [5.41, 5.74) is 0.985. The first-order chi connectivity index (χ1) is 14.2. The number of benzene rings is 2. The lowest BCUT2D eigenvalue weighted by molar-refractivity contribution is -0.120. The molecule has 6 heteroatoms. The third-order valence-electron chi connectivity index (χ3n) is 6.60. The molecule has 1 N–H and O–H groups in total. The predicted octanol–water partition coefficient (Wildman–Crippen LogP) is 3.54. The van der Waals surface area contributed by atoms with Gasteiger partial charge in [-0.15, -0.1) is 0 Å². The first-order valence-corrected chi connectivity index (χ1v) is 10.1. The number of hydrogen-bond acceptors (Lipinski definition) is 5. The van der Waals surface area contributed by atoms with Crippen LogP contribution in [0.3, 0.4) is 0 Å². The van der Waals surface area contributed by atoms with Crippen LogP contribution in [0.4, 0.5) is 5.69 Å². The van der Waals surface area contributed by atoms with Crippen molar-refractivity contribution in [2.45, 2.75) is 24.7 Å². The molecule has 3 aliphatic rings. The van der Waals surface area contributed by atoms with Crippen LogP contribution < -0.4 is 19.5 Å². The normalized spacial score (nSPS) is 24.0. The van der Waals surface area contributed by atoms with Crippen molar-refractivity contribution in [3.63, 3.8) is 0 Å². The fraction of sp³-hybridized carbons (Fsp3) is 0.435. The van der Waals surface area contributed by atoms with Gasteiger partial charge in [0.15, 0.2) is 11.5 Å². The molecule has 2 fully saturated rings. The number of rotatable bonds is 4. The lowest BCUT2D eigenvalue weighted by Gasteiger charge is -2.30. The van der Waals surface area contributed by atoms with E-state index in [2.05, 4.69) is 5.32 Å². The van der Waals surface area contributed by atoms with Crippen LogP contribution in [0.15, 0.2) is 42.5 Å². The minimum Gasteiger partial charge on any atom is -0.497 e. The summed E-state index contributed by atoms with van der Waals surface area (Å²) in [4.78, 5) is 13.8. The molecule has 1 unspecified atom stereocenters. The van der Waals surface area contributed by atoms with Gasteiger partial charge in [0.1, 0.15) is 19.0 Å². The van der Waals surface area contributed by atoms with Crippen LogP contribution in [-0.2, 0) is 14.9 Å². The van der Waals surface area contributed by atoms with Crippen molar-refractivity contribution in [2.24, 2.45) is 5.41 Å². The summed E-state index contributed by atoms with van der Waals surface area (Å²) in [5, 5.41) is 3.15. The Hall–Kier alpha value is -2.73. The minimum absolute atomic E-state index is 0.00442. The number of fused-ring (bicyclic) bond motifs is 1. The maximum Gasteiger partial charge on any atom is 0.235 e. The van der Waals surface area contributed by atoms with E-state index < -0.39 is 5.41 Å². The van der Waals surface area contributed by atoms with E-state index in [0.717, 1.165) is 30.6 Å². The van der Waals surface area contributed by atoms with Crippen LogP contribution in [0.5, 0.6) is 17.2 Å². The molecular formula is C23H25NO5. The van der Waals surface area contributed by atoms with Gasteiger partial charge in [-0.2, -0.15) is 0 Å². The molecule has 2 aliphatic heterocycles. The van der Waals surface area contributed by atoms with Crippen LogP contribution in [-0.4, -0.2) is 39.4 Å². The Labute approximate surface area is 170 Å². The molecule has 2 aromatic rings. The van der Waals surface area contributed by atoms with Crippen LogP contribution >= 0.6 is 0 Å². The molecule has 29 heavy (non-hydrogen) atoms. The Balaban J connectivity index is 1.52. The first kappa shape index (κ1) is 18.3. The largest absolute Gasteiger partial charge is 0.497 e.